The predicted molar refractivity (Wildman–Crippen MR) is 158 cm³/mol. The molecule has 1 saturated heterocycles. The topological polar surface area (TPSA) is 102 Å². The van der Waals surface area contributed by atoms with Gasteiger partial charge in [-0.15, -0.1) is 0 Å². The minimum atomic E-state index is -0.308. The molecule has 9 nitrogen and oxygen atoms in total. The molecule has 4 aliphatic rings. The number of nitrogens with one attached hydrogen (secondary N) is 2. The largest absolute Gasteiger partial charge is 0.493 e. The van der Waals surface area contributed by atoms with E-state index in [4.69, 9.17) is 19.2 Å². The molecule has 0 aliphatic carbocycles. The van der Waals surface area contributed by atoms with Crippen LogP contribution in [0.4, 0.5) is 5.82 Å². The third-order valence-electron chi connectivity index (χ3n) is 8.54. The number of carbonyl (C=O) groups excluding carboxylic acids is 2. The Morgan fingerprint density at radius 3 is 2.79 bits per heavy atom. The van der Waals surface area contributed by atoms with Gasteiger partial charge in [-0.05, 0) is 65.8 Å². The van der Waals surface area contributed by atoms with Crippen molar-refractivity contribution in [1.82, 2.24) is 15.2 Å². The van der Waals surface area contributed by atoms with Gasteiger partial charge in [-0.3, -0.25) is 9.59 Å². The van der Waals surface area contributed by atoms with Crippen molar-refractivity contribution in [1.29, 1.82) is 0 Å². The SMILES string of the molecule is CC(=O)N1C2C=C(c3cnc(NCc4ccc5c(c4)OCC5)c(C(=O)NCC4COc5ccccc5O4)c3)CC1CC2. The van der Waals surface area contributed by atoms with Gasteiger partial charge in [0.25, 0.3) is 5.91 Å². The molecule has 2 amide bonds. The third-order valence-corrected chi connectivity index (χ3v) is 8.54. The molecule has 4 aliphatic heterocycles. The Balaban J connectivity index is 1.11. The van der Waals surface area contributed by atoms with Crippen LogP contribution in [-0.2, 0) is 17.8 Å². The second kappa shape index (κ2) is 11.0. The predicted octanol–water partition coefficient (Wildman–Crippen LogP) is 4.37. The Morgan fingerprint density at radius 2 is 1.93 bits per heavy atom. The monoisotopic (exact) mass is 566 g/mol. The Hall–Kier alpha value is -4.53. The summed E-state index contributed by atoms with van der Waals surface area (Å²) < 4.78 is 17.6. The number of aromatic nitrogens is 1. The summed E-state index contributed by atoms with van der Waals surface area (Å²) in [6.45, 7) is 3.49. The second-order valence-corrected chi connectivity index (χ2v) is 11.3. The highest BCUT2D eigenvalue weighted by molar-refractivity contribution is 5.99. The fraction of sp³-hybridized carbons (Fsp3) is 0.364. The third kappa shape index (κ3) is 5.15. The zero-order valence-electron chi connectivity index (χ0n) is 23.6. The summed E-state index contributed by atoms with van der Waals surface area (Å²) in [7, 11) is 0. The van der Waals surface area contributed by atoms with Crippen LogP contribution in [0.1, 0.15) is 53.2 Å². The molecule has 1 fully saturated rings. The zero-order valence-corrected chi connectivity index (χ0v) is 23.6. The minimum absolute atomic E-state index is 0.0969. The van der Waals surface area contributed by atoms with E-state index in [1.165, 1.54) is 5.56 Å². The molecule has 0 spiro atoms. The molecule has 3 unspecified atom stereocenters. The van der Waals surface area contributed by atoms with Crippen molar-refractivity contribution in [2.45, 2.75) is 57.3 Å². The van der Waals surface area contributed by atoms with Crippen LogP contribution < -0.4 is 24.8 Å². The Kier molecular flexibility index (Phi) is 6.93. The first-order valence-corrected chi connectivity index (χ1v) is 14.7. The van der Waals surface area contributed by atoms with Crippen LogP contribution in [0, 0.1) is 0 Å². The second-order valence-electron chi connectivity index (χ2n) is 11.3. The van der Waals surface area contributed by atoms with E-state index in [0.717, 1.165) is 48.1 Å². The van der Waals surface area contributed by atoms with Crippen LogP contribution in [0.5, 0.6) is 17.2 Å². The molecule has 3 atom stereocenters. The van der Waals surface area contributed by atoms with Gasteiger partial charge >= 0.3 is 0 Å². The number of hydrogen-bond donors (Lipinski definition) is 2. The van der Waals surface area contributed by atoms with E-state index in [2.05, 4.69) is 28.8 Å². The first kappa shape index (κ1) is 26.4. The lowest BCUT2D eigenvalue weighted by molar-refractivity contribution is -0.131. The molecule has 2 bridgehead atoms. The van der Waals surface area contributed by atoms with E-state index in [0.29, 0.717) is 49.2 Å². The molecule has 7 rings (SSSR count). The summed E-state index contributed by atoms with van der Waals surface area (Å²) in [5.41, 5.74) is 4.77. The summed E-state index contributed by atoms with van der Waals surface area (Å²) in [6.07, 6.45) is 7.33. The van der Waals surface area contributed by atoms with Crippen LogP contribution in [0.2, 0.25) is 0 Å². The molecule has 9 heteroatoms. The van der Waals surface area contributed by atoms with Gasteiger partial charge < -0.3 is 29.7 Å². The van der Waals surface area contributed by atoms with Gasteiger partial charge in [-0.1, -0.05) is 30.3 Å². The van der Waals surface area contributed by atoms with E-state index in [1.54, 1.807) is 6.92 Å². The number of anilines is 1. The van der Waals surface area contributed by atoms with Crippen molar-refractivity contribution in [2.75, 3.05) is 25.1 Å². The molecule has 2 aromatic carbocycles. The van der Waals surface area contributed by atoms with Crippen LogP contribution in [0.15, 0.2) is 60.8 Å². The number of nitrogens with zero attached hydrogens (tertiary/aromatic N) is 2. The number of amides is 2. The summed E-state index contributed by atoms with van der Waals surface area (Å²) >= 11 is 0. The Bertz CT molecular complexity index is 1570. The standard InChI is InChI=1S/C33H34N4O5/c1-20(38)37-25-8-9-26(37)14-23(13-25)24-15-28(33(39)36-18-27-19-41-29-4-2-3-5-30(29)42-27)32(35-17-24)34-16-21-6-7-22-10-11-40-31(22)12-21/h2-7,12-13,15,17,25-27H,8-11,14,16,18-19H2,1H3,(H,34,35)(H,36,39). The first-order valence-electron chi connectivity index (χ1n) is 14.7. The molecule has 0 saturated carbocycles. The van der Waals surface area contributed by atoms with E-state index in [-0.39, 0.29) is 30.0 Å². The van der Waals surface area contributed by atoms with Gasteiger partial charge in [-0.2, -0.15) is 0 Å². The molecule has 2 N–H and O–H groups in total. The number of fused-ring (bicyclic) bond motifs is 4. The normalized spacial score (nSPS) is 21.7. The summed E-state index contributed by atoms with van der Waals surface area (Å²) in [5, 5.41) is 6.42. The number of carbonyl (C=O) groups is 2. The van der Waals surface area contributed by atoms with Crippen molar-refractivity contribution >= 4 is 23.2 Å². The lowest BCUT2D eigenvalue weighted by Gasteiger charge is -2.33. The number of para-hydroxylation sites is 2. The molecule has 216 valence electrons. The smallest absolute Gasteiger partial charge is 0.255 e. The van der Waals surface area contributed by atoms with Crippen molar-refractivity contribution in [3.63, 3.8) is 0 Å². The summed E-state index contributed by atoms with van der Waals surface area (Å²) in [4.78, 5) is 32.6. The van der Waals surface area contributed by atoms with Gasteiger partial charge in [0.2, 0.25) is 5.91 Å². The molecular weight excluding hydrogens is 532 g/mol. The fourth-order valence-corrected chi connectivity index (χ4v) is 6.46. The van der Waals surface area contributed by atoms with Crippen LogP contribution >= 0.6 is 0 Å². The average Bonchev–Trinajstić information content (AvgIpc) is 3.59. The maximum Gasteiger partial charge on any atom is 0.255 e. The number of pyridine rings is 1. The van der Waals surface area contributed by atoms with Gasteiger partial charge in [-0.25, -0.2) is 4.98 Å². The molecule has 5 heterocycles. The van der Waals surface area contributed by atoms with Gasteiger partial charge in [0.15, 0.2) is 11.5 Å². The van der Waals surface area contributed by atoms with Gasteiger partial charge in [0.05, 0.1) is 24.8 Å². The van der Waals surface area contributed by atoms with Crippen molar-refractivity contribution in [3.05, 3.63) is 83.1 Å². The highest BCUT2D eigenvalue weighted by atomic mass is 16.6. The first-order chi connectivity index (χ1) is 20.5. The highest BCUT2D eigenvalue weighted by Crippen LogP contribution is 2.39. The maximum atomic E-state index is 13.7. The Morgan fingerprint density at radius 1 is 1.05 bits per heavy atom. The van der Waals surface area contributed by atoms with Crippen LogP contribution in [-0.4, -0.2) is 59.6 Å². The summed E-state index contributed by atoms with van der Waals surface area (Å²) in [5.74, 6) is 2.68. The maximum absolute atomic E-state index is 13.7. The van der Waals surface area contributed by atoms with Gasteiger partial charge in [0.1, 0.15) is 24.3 Å². The average molecular weight is 567 g/mol. The molecule has 0 radical (unpaired) electrons. The molecule has 1 aromatic heterocycles. The van der Waals surface area contributed by atoms with E-state index < -0.39 is 0 Å². The zero-order chi connectivity index (χ0) is 28.6. The fourth-order valence-electron chi connectivity index (χ4n) is 6.46. The van der Waals surface area contributed by atoms with E-state index in [1.807, 2.05) is 47.5 Å². The van der Waals surface area contributed by atoms with Crippen molar-refractivity contribution < 1.29 is 23.8 Å². The van der Waals surface area contributed by atoms with Crippen LogP contribution in [0.3, 0.4) is 0 Å². The molecule has 3 aromatic rings. The lowest BCUT2D eigenvalue weighted by atomic mass is 9.94. The molecular formula is C33H34N4O5. The Labute approximate surface area is 244 Å². The van der Waals surface area contributed by atoms with E-state index in [9.17, 15) is 9.59 Å². The summed E-state index contributed by atoms with van der Waals surface area (Å²) in [6, 6.07) is 16.0. The number of rotatable bonds is 7. The quantitative estimate of drug-likeness (QED) is 0.438. The van der Waals surface area contributed by atoms with Crippen molar-refractivity contribution in [2.24, 2.45) is 0 Å². The van der Waals surface area contributed by atoms with E-state index >= 15 is 0 Å². The van der Waals surface area contributed by atoms with Gasteiger partial charge in [0, 0.05) is 32.1 Å². The number of benzene rings is 2. The number of hydrogen-bond acceptors (Lipinski definition) is 7. The number of ether oxygens (including phenoxy) is 3. The lowest BCUT2D eigenvalue weighted by Crippen LogP contribution is -2.41. The molecule has 42 heavy (non-hydrogen) atoms. The minimum Gasteiger partial charge on any atom is -0.493 e. The highest BCUT2D eigenvalue weighted by Gasteiger charge is 2.38. The van der Waals surface area contributed by atoms with Crippen molar-refractivity contribution in [3.8, 4) is 17.2 Å². The van der Waals surface area contributed by atoms with Crippen LogP contribution in [0.25, 0.3) is 5.57 Å².